The Labute approximate surface area is 236 Å². The summed E-state index contributed by atoms with van der Waals surface area (Å²) in [6.07, 6.45) is 3.40. The van der Waals surface area contributed by atoms with Gasteiger partial charge in [0.05, 0.1) is 17.4 Å². The third-order valence-corrected chi connectivity index (χ3v) is 7.31. The third-order valence-electron chi connectivity index (χ3n) is 7.23. The molecule has 11 heteroatoms. The Hall–Kier alpha value is -3.66. The van der Waals surface area contributed by atoms with E-state index in [0.29, 0.717) is 11.3 Å². The summed E-state index contributed by atoms with van der Waals surface area (Å²) in [4.78, 5) is 27.9. The number of carbonyl (C=O) groups excluding carboxylic acids is 2. The summed E-state index contributed by atoms with van der Waals surface area (Å²) in [6.45, 7) is 8.86. The molecule has 2 aromatic carbocycles. The van der Waals surface area contributed by atoms with Crippen LogP contribution in [0, 0.1) is 5.41 Å². The van der Waals surface area contributed by atoms with E-state index in [1.807, 2.05) is 18.2 Å². The van der Waals surface area contributed by atoms with Crippen LogP contribution >= 0.6 is 11.6 Å². The number of aromatic nitrogens is 2. The van der Waals surface area contributed by atoms with Crippen LogP contribution in [0.3, 0.4) is 0 Å². The minimum atomic E-state index is -3.82. The lowest BCUT2D eigenvalue weighted by molar-refractivity contribution is -0.119. The van der Waals surface area contributed by atoms with Crippen LogP contribution in [0.4, 0.5) is 20.2 Å². The molecule has 2 amide bonds. The van der Waals surface area contributed by atoms with Crippen LogP contribution in [0.5, 0.6) is 5.75 Å². The lowest BCUT2D eigenvalue weighted by Gasteiger charge is -2.37. The quantitative estimate of drug-likeness (QED) is 0.297. The zero-order valence-corrected chi connectivity index (χ0v) is 23.5. The van der Waals surface area contributed by atoms with E-state index < -0.39 is 5.57 Å². The average Bonchev–Trinajstić information content (AvgIpc) is 3.57. The first kappa shape index (κ1) is 27.9. The monoisotopic (exact) mass is 571 g/mol. The number of alkyl halides is 3. The number of halogens is 3. The Morgan fingerprint density at radius 1 is 1.15 bits per heavy atom. The molecule has 3 aromatic rings. The summed E-state index contributed by atoms with van der Waals surface area (Å²) < 4.78 is 30.2. The maximum absolute atomic E-state index is 13.5. The number of nitrogens with one attached hydrogen (secondary N) is 3. The molecular formula is C29H32ClF2N5O3. The summed E-state index contributed by atoms with van der Waals surface area (Å²) in [7, 11) is 0. The first-order chi connectivity index (χ1) is 18.8. The minimum absolute atomic E-state index is 0.00904. The van der Waals surface area contributed by atoms with E-state index in [0.717, 1.165) is 41.9 Å². The number of hydrogen-bond donors (Lipinski definition) is 3. The molecule has 2 heterocycles. The van der Waals surface area contributed by atoms with Gasteiger partial charge in [0.1, 0.15) is 5.75 Å². The van der Waals surface area contributed by atoms with E-state index in [2.05, 4.69) is 51.2 Å². The van der Waals surface area contributed by atoms with Crippen LogP contribution in [0.1, 0.15) is 62.4 Å². The highest BCUT2D eigenvalue weighted by Gasteiger charge is 2.49. The van der Waals surface area contributed by atoms with Crippen molar-refractivity contribution in [3.63, 3.8) is 0 Å². The molecule has 0 radical (unpaired) electrons. The summed E-state index contributed by atoms with van der Waals surface area (Å²) in [6, 6.07) is 11.3. The summed E-state index contributed by atoms with van der Waals surface area (Å²) in [5, 5.41) is 13.2. The number of H-pyrrole nitrogens is 1. The van der Waals surface area contributed by atoms with Crippen LogP contribution in [0.2, 0.25) is 0 Å². The molecule has 3 N–H and O–H groups in total. The second-order valence-corrected chi connectivity index (χ2v) is 12.1. The van der Waals surface area contributed by atoms with Gasteiger partial charge in [0.25, 0.3) is 5.91 Å². The van der Waals surface area contributed by atoms with Crippen LogP contribution in [0.15, 0.2) is 48.7 Å². The van der Waals surface area contributed by atoms with Gasteiger partial charge >= 0.3 is 5.57 Å². The second-order valence-electron chi connectivity index (χ2n) is 11.6. The van der Waals surface area contributed by atoms with Crippen LogP contribution < -0.4 is 20.3 Å². The molecule has 1 aliphatic heterocycles. The van der Waals surface area contributed by atoms with Gasteiger partial charge in [0.2, 0.25) is 5.91 Å². The molecule has 40 heavy (non-hydrogen) atoms. The van der Waals surface area contributed by atoms with Crippen molar-refractivity contribution in [3.05, 3.63) is 59.8 Å². The number of anilines is 2. The molecule has 1 saturated carbocycles. The average molecular weight is 572 g/mol. The molecule has 1 aromatic heterocycles. The number of aromatic amines is 1. The molecule has 0 saturated heterocycles. The van der Waals surface area contributed by atoms with E-state index in [4.69, 9.17) is 11.6 Å². The number of nitrogens with zero attached hydrogens (tertiary/aromatic N) is 2. The van der Waals surface area contributed by atoms with Gasteiger partial charge in [0, 0.05) is 60.0 Å². The van der Waals surface area contributed by atoms with Crippen molar-refractivity contribution in [3.8, 4) is 17.0 Å². The Kier molecular flexibility index (Phi) is 7.24. The van der Waals surface area contributed by atoms with Gasteiger partial charge in [-0.1, -0.05) is 20.8 Å². The standard InChI is InChI=1S/C29H32ClF2N5O3/c1-16(38)34-24-10-9-20-21-13-17(27(39)35-18-5-7-19(8-6-18)40-29(30,31)32)14-22(23-11-12-33-36-23)25(21)37(26(20)24)15-28(2,3)4/h5-8,11-14,20,24,26H,9-10,15H2,1-4H3,(H,33,36)(H,34,38)(H,35,39)/t20-,24+,26+/m1/s1. The first-order valence-electron chi connectivity index (χ1n) is 13.2. The first-order valence-corrected chi connectivity index (χ1v) is 13.6. The minimum Gasteiger partial charge on any atom is -0.420 e. The Bertz CT molecular complexity index is 1400. The van der Waals surface area contributed by atoms with Crippen molar-refractivity contribution < 1.29 is 23.1 Å². The zero-order valence-electron chi connectivity index (χ0n) is 22.7. The molecule has 3 atom stereocenters. The van der Waals surface area contributed by atoms with Crippen molar-refractivity contribution in [2.24, 2.45) is 5.41 Å². The highest BCUT2D eigenvalue weighted by Crippen LogP contribution is 2.53. The molecule has 2 aliphatic rings. The molecule has 0 bridgehead atoms. The van der Waals surface area contributed by atoms with E-state index >= 15 is 0 Å². The lowest BCUT2D eigenvalue weighted by Crippen LogP contribution is -2.50. The topological polar surface area (TPSA) is 99.4 Å². The Morgan fingerprint density at radius 2 is 1.88 bits per heavy atom. The van der Waals surface area contributed by atoms with E-state index in [1.165, 1.54) is 24.3 Å². The highest BCUT2D eigenvalue weighted by molar-refractivity contribution is 6.20. The fraction of sp³-hybridized carbons (Fsp3) is 0.414. The fourth-order valence-electron chi connectivity index (χ4n) is 5.96. The molecule has 0 spiro atoms. The van der Waals surface area contributed by atoms with Crippen LogP contribution in [0.25, 0.3) is 11.3 Å². The molecule has 212 valence electrons. The molecule has 1 fully saturated rings. The lowest BCUT2D eigenvalue weighted by atomic mass is 9.92. The van der Waals surface area contributed by atoms with Crippen LogP contribution in [-0.2, 0) is 4.79 Å². The van der Waals surface area contributed by atoms with E-state index in [9.17, 15) is 18.4 Å². The molecule has 8 nitrogen and oxygen atoms in total. The molecule has 1 aliphatic carbocycles. The zero-order chi connectivity index (χ0) is 28.8. The normalized spacial score (nSPS) is 20.2. The molecule has 5 rings (SSSR count). The molecule has 0 unspecified atom stereocenters. The predicted octanol–water partition coefficient (Wildman–Crippen LogP) is 6.11. The van der Waals surface area contributed by atoms with Crippen molar-refractivity contribution in [2.75, 3.05) is 16.8 Å². The number of amides is 2. The second kappa shape index (κ2) is 10.4. The highest BCUT2D eigenvalue weighted by atomic mass is 35.5. The number of rotatable bonds is 7. The predicted molar refractivity (Wildman–Crippen MR) is 150 cm³/mol. The van der Waals surface area contributed by atoms with Gasteiger partial charge < -0.3 is 20.3 Å². The Balaban J connectivity index is 1.53. The number of fused-ring (bicyclic) bond motifs is 3. The summed E-state index contributed by atoms with van der Waals surface area (Å²) in [5.41, 5.74) is 0.763. The fourth-order valence-corrected chi connectivity index (χ4v) is 6.05. The smallest absolute Gasteiger partial charge is 0.420 e. The SMILES string of the molecule is CC(=O)N[C@H]1CC[C@@H]2c3cc(C(=O)Nc4ccc(OC(F)(F)Cl)cc4)cc(-c4ccn[nH]4)c3N(CC(C)(C)C)[C@H]12. The van der Waals surface area contributed by atoms with Crippen LogP contribution in [-0.4, -0.2) is 46.2 Å². The van der Waals surface area contributed by atoms with Gasteiger partial charge in [-0.2, -0.15) is 5.10 Å². The molecular weight excluding hydrogens is 540 g/mol. The Morgan fingerprint density at radius 3 is 2.48 bits per heavy atom. The maximum Gasteiger partial charge on any atom is 0.487 e. The van der Waals surface area contributed by atoms with Crippen molar-refractivity contribution in [2.45, 2.75) is 64.1 Å². The van der Waals surface area contributed by atoms with Gasteiger partial charge in [-0.3, -0.25) is 14.7 Å². The summed E-state index contributed by atoms with van der Waals surface area (Å²) in [5.74, 6) is -0.395. The number of hydrogen-bond acceptors (Lipinski definition) is 5. The van der Waals surface area contributed by atoms with E-state index in [1.54, 1.807) is 13.1 Å². The largest absolute Gasteiger partial charge is 0.487 e. The van der Waals surface area contributed by atoms with Gasteiger partial charge in [-0.25, -0.2) is 0 Å². The summed E-state index contributed by atoms with van der Waals surface area (Å²) >= 11 is 4.84. The van der Waals surface area contributed by atoms with Crippen molar-refractivity contribution >= 4 is 34.8 Å². The third kappa shape index (κ3) is 5.91. The van der Waals surface area contributed by atoms with Gasteiger partial charge in [-0.15, -0.1) is 8.78 Å². The van der Waals surface area contributed by atoms with Crippen molar-refractivity contribution in [1.29, 1.82) is 0 Å². The van der Waals surface area contributed by atoms with E-state index in [-0.39, 0.29) is 41.0 Å². The number of benzene rings is 2. The number of carbonyl (C=O) groups is 2. The van der Waals surface area contributed by atoms with Crippen molar-refractivity contribution in [1.82, 2.24) is 15.5 Å². The maximum atomic E-state index is 13.5. The van der Waals surface area contributed by atoms with Gasteiger partial charge in [-0.05, 0) is 66.3 Å². The number of ether oxygens (including phenoxy) is 1. The van der Waals surface area contributed by atoms with Gasteiger partial charge in [0.15, 0.2) is 0 Å².